The molecule has 0 bridgehead atoms. The molecule has 1 aliphatic rings. The van der Waals surface area contributed by atoms with Gasteiger partial charge in [-0.25, -0.2) is 9.37 Å². The summed E-state index contributed by atoms with van der Waals surface area (Å²) >= 11 is 0. The molecule has 0 radical (unpaired) electrons. The Morgan fingerprint density at radius 3 is 2.86 bits per heavy atom. The highest BCUT2D eigenvalue weighted by molar-refractivity contribution is 5.80. The second kappa shape index (κ2) is 9.92. The van der Waals surface area contributed by atoms with Gasteiger partial charge in [0.25, 0.3) is 0 Å². The van der Waals surface area contributed by atoms with Gasteiger partial charge in [-0.3, -0.25) is 4.99 Å². The predicted molar refractivity (Wildman–Crippen MR) is 111 cm³/mol. The Kier molecular flexibility index (Phi) is 7.06. The van der Waals surface area contributed by atoms with Crippen molar-refractivity contribution in [1.82, 2.24) is 15.6 Å². The molecule has 2 heterocycles. The molecule has 0 aliphatic carbocycles. The third-order valence-electron chi connectivity index (χ3n) is 4.74. The molecule has 0 amide bonds. The Morgan fingerprint density at radius 1 is 1.32 bits per heavy atom. The van der Waals surface area contributed by atoms with E-state index in [9.17, 15) is 4.39 Å². The number of ether oxygens (including phenoxy) is 1. The Morgan fingerprint density at radius 2 is 2.14 bits per heavy atom. The van der Waals surface area contributed by atoms with Crippen LogP contribution in [-0.2, 0) is 6.42 Å². The molecule has 1 aromatic carbocycles. The molecule has 1 aliphatic heterocycles. The van der Waals surface area contributed by atoms with Gasteiger partial charge in [-0.15, -0.1) is 0 Å². The van der Waals surface area contributed by atoms with E-state index in [0.29, 0.717) is 18.9 Å². The largest absolute Gasteiger partial charge is 0.497 e. The summed E-state index contributed by atoms with van der Waals surface area (Å²) < 4.78 is 19.1. The van der Waals surface area contributed by atoms with Crippen LogP contribution in [0, 0.1) is 5.82 Å². The number of nitrogens with zero attached hydrogens (tertiary/aromatic N) is 3. The van der Waals surface area contributed by atoms with Crippen LogP contribution in [0.2, 0.25) is 0 Å². The quantitative estimate of drug-likeness (QED) is 0.567. The summed E-state index contributed by atoms with van der Waals surface area (Å²) in [5.41, 5.74) is 1.22. The van der Waals surface area contributed by atoms with E-state index in [1.54, 1.807) is 19.4 Å². The van der Waals surface area contributed by atoms with Gasteiger partial charge >= 0.3 is 0 Å². The molecule has 1 atom stereocenters. The van der Waals surface area contributed by atoms with Crippen LogP contribution in [0.5, 0.6) is 5.75 Å². The fraction of sp³-hybridized carbons (Fsp3) is 0.429. The van der Waals surface area contributed by atoms with Crippen molar-refractivity contribution >= 4 is 11.8 Å². The van der Waals surface area contributed by atoms with Gasteiger partial charge in [0, 0.05) is 38.4 Å². The zero-order valence-corrected chi connectivity index (χ0v) is 16.5. The van der Waals surface area contributed by atoms with Crippen molar-refractivity contribution in [3.63, 3.8) is 0 Å². The molecule has 1 saturated heterocycles. The van der Waals surface area contributed by atoms with Gasteiger partial charge in [0.1, 0.15) is 5.75 Å². The number of halogens is 1. The molecule has 3 rings (SSSR count). The lowest BCUT2D eigenvalue weighted by molar-refractivity contribution is 0.414. The summed E-state index contributed by atoms with van der Waals surface area (Å²) in [5, 5.41) is 6.76. The molecular weight excluding hydrogens is 357 g/mol. The number of nitrogens with one attached hydrogen (secondary N) is 2. The van der Waals surface area contributed by atoms with Gasteiger partial charge in [0.05, 0.1) is 7.11 Å². The van der Waals surface area contributed by atoms with Crippen LogP contribution in [-0.4, -0.2) is 50.3 Å². The minimum Gasteiger partial charge on any atom is -0.497 e. The average Bonchev–Trinajstić information content (AvgIpc) is 3.17. The van der Waals surface area contributed by atoms with Crippen molar-refractivity contribution in [2.75, 3.05) is 38.2 Å². The highest BCUT2D eigenvalue weighted by Gasteiger charge is 2.25. The van der Waals surface area contributed by atoms with E-state index in [2.05, 4.69) is 32.7 Å². The third-order valence-corrected chi connectivity index (χ3v) is 4.74. The molecule has 7 heteroatoms. The van der Waals surface area contributed by atoms with Crippen molar-refractivity contribution in [1.29, 1.82) is 0 Å². The molecule has 2 N–H and O–H groups in total. The lowest BCUT2D eigenvalue weighted by Crippen LogP contribution is -2.44. The second-order valence-electron chi connectivity index (χ2n) is 6.74. The maximum atomic E-state index is 14.0. The number of pyridine rings is 1. The number of hydrogen-bond donors (Lipinski definition) is 2. The van der Waals surface area contributed by atoms with E-state index in [4.69, 9.17) is 4.74 Å². The average molecular weight is 385 g/mol. The SMILES string of the molecule is CCNC(=NCCc1ccc(OC)cc1)NC1CCN(c2ncccc2F)C1. The van der Waals surface area contributed by atoms with Crippen LogP contribution in [0.4, 0.5) is 10.2 Å². The van der Waals surface area contributed by atoms with Gasteiger partial charge < -0.3 is 20.3 Å². The van der Waals surface area contributed by atoms with Gasteiger partial charge in [-0.2, -0.15) is 0 Å². The van der Waals surface area contributed by atoms with Gasteiger partial charge in [-0.1, -0.05) is 12.1 Å². The Labute approximate surface area is 165 Å². The first-order valence-corrected chi connectivity index (χ1v) is 9.73. The van der Waals surface area contributed by atoms with Gasteiger partial charge in [0.2, 0.25) is 0 Å². The topological polar surface area (TPSA) is 61.8 Å². The van der Waals surface area contributed by atoms with E-state index in [0.717, 1.165) is 37.6 Å². The normalized spacial score (nSPS) is 16.9. The molecule has 0 saturated carbocycles. The van der Waals surface area contributed by atoms with Crippen molar-refractivity contribution in [2.45, 2.75) is 25.8 Å². The van der Waals surface area contributed by atoms with E-state index in [1.807, 2.05) is 24.0 Å². The summed E-state index contributed by atoms with van der Waals surface area (Å²) in [4.78, 5) is 10.8. The number of benzene rings is 1. The fourth-order valence-corrected chi connectivity index (χ4v) is 3.28. The van der Waals surface area contributed by atoms with Crippen LogP contribution in [0.15, 0.2) is 47.6 Å². The molecular formula is C21H28FN5O. The van der Waals surface area contributed by atoms with Crippen molar-refractivity contribution in [2.24, 2.45) is 4.99 Å². The third kappa shape index (κ3) is 5.34. The molecule has 1 unspecified atom stereocenters. The number of aliphatic imine (C=N–C) groups is 1. The number of anilines is 1. The summed E-state index contributed by atoms with van der Waals surface area (Å²) in [6, 6.07) is 11.3. The lowest BCUT2D eigenvalue weighted by atomic mass is 10.1. The minimum atomic E-state index is -0.275. The molecule has 6 nitrogen and oxygen atoms in total. The van der Waals surface area contributed by atoms with E-state index in [-0.39, 0.29) is 11.9 Å². The minimum absolute atomic E-state index is 0.209. The van der Waals surface area contributed by atoms with Crippen molar-refractivity contribution in [3.8, 4) is 5.75 Å². The monoisotopic (exact) mass is 385 g/mol. The number of aromatic nitrogens is 1. The standard InChI is InChI=1S/C21H28FN5O/c1-3-23-21(25-13-10-16-6-8-18(28-2)9-7-16)26-17-11-14-27(15-17)20-19(22)5-4-12-24-20/h4-9,12,17H,3,10-11,13-15H2,1-2H3,(H2,23,25,26). The Hall–Kier alpha value is -2.83. The van der Waals surface area contributed by atoms with Gasteiger partial charge in [-0.05, 0) is 49.6 Å². The molecule has 1 aromatic heterocycles. The second-order valence-corrected chi connectivity index (χ2v) is 6.74. The first-order valence-electron chi connectivity index (χ1n) is 9.73. The van der Waals surface area contributed by atoms with Crippen LogP contribution >= 0.6 is 0 Å². The lowest BCUT2D eigenvalue weighted by Gasteiger charge is -2.20. The smallest absolute Gasteiger partial charge is 0.191 e. The summed E-state index contributed by atoms with van der Waals surface area (Å²) in [5.74, 6) is 1.80. The van der Waals surface area contributed by atoms with Crippen molar-refractivity contribution < 1.29 is 9.13 Å². The summed E-state index contributed by atoms with van der Waals surface area (Å²) in [6.45, 7) is 5.01. The maximum Gasteiger partial charge on any atom is 0.191 e. The van der Waals surface area contributed by atoms with E-state index in [1.165, 1.54) is 11.6 Å². The van der Waals surface area contributed by atoms with Crippen LogP contribution in [0.25, 0.3) is 0 Å². The summed E-state index contributed by atoms with van der Waals surface area (Å²) in [7, 11) is 1.67. The van der Waals surface area contributed by atoms with E-state index < -0.39 is 0 Å². The predicted octanol–water partition coefficient (Wildman–Crippen LogP) is 2.61. The maximum absolute atomic E-state index is 14.0. The van der Waals surface area contributed by atoms with Crippen molar-refractivity contribution in [3.05, 3.63) is 54.0 Å². The Bertz CT molecular complexity index is 781. The molecule has 2 aromatic rings. The molecule has 28 heavy (non-hydrogen) atoms. The van der Waals surface area contributed by atoms with Crippen LogP contribution < -0.4 is 20.3 Å². The highest BCUT2D eigenvalue weighted by atomic mass is 19.1. The van der Waals surface area contributed by atoms with Crippen LogP contribution in [0.1, 0.15) is 18.9 Å². The first kappa shape index (κ1) is 19.9. The zero-order valence-electron chi connectivity index (χ0n) is 16.5. The number of rotatable bonds is 7. The molecule has 150 valence electrons. The molecule has 1 fully saturated rings. The molecule has 0 spiro atoms. The number of hydrogen-bond acceptors (Lipinski definition) is 4. The first-order chi connectivity index (χ1) is 13.7. The Balaban J connectivity index is 1.53. The van der Waals surface area contributed by atoms with Crippen LogP contribution in [0.3, 0.4) is 0 Å². The van der Waals surface area contributed by atoms with E-state index >= 15 is 0 Å². The summed E-state index contributed by atoms with van der Waals surface area (Å²) in [6.07, 6.45) is 3.40. The number of methoxy groups -OCH3 is 1. The highest BCUT2D eigenvalue weighted by Crippen LogP contribution is 2.20. The number of guanidine groups is 1. The van der Waals surface area contributed by atoms with Gasteiger partial charge in [0.15, 0.2) is 17.6 Å². The zero-order chi connectivity index (χ0) is 19.8. The fourth-order valence-electron chi connectivity index (χ4n) is 3.28.